The van der Waals surface area contributed by atoms with E-state index in [0.717, 1.165) is 6.42 Å². The van der Waals surface area contributed by atoms with E-state index in [1.807, 2.05) is 0 Å². The van der Waals surface area contributed by atoms with E-state index in [1.54, 1.807) is 0 Å². The standard InChI is InChI=1S/C20H31NO/c1-15(2)10-9-11-16(3)14-19-21(5)17(4)20(22-19)18-12-7-6-8-13-18/h6-8,10,12-13,16-17,19-20H,9,11,14H2,1-5H3/t16-,17-,19-,20-/m0/s1. The van der Waals surface area contributed by atoms with Crippen LogP contribution in [0.4, 0.5) is 0 Å². The van der Waals surface area contributed by atoms with Crippen LogP contribution in [-0.2, 0) is 4.74 Å². The monoisotopic (exact) mass is 301 g/mol. The normalized spacial score (nSPS) is 26.9. The summed E-state index contributed by atoms with van der Waals surface area (Å²) in [6.45, 7) is 8.96. The summed E-state index contributed by atoms with van der Waals surface area (Å²) < 4.78 is 6.38. The van der Waals surface area contributed by atoms with E-state index < -0.39 is 0 Å². The Labute approximate surface area is 136 Å². The number of rotatable bonds is 6. The molecule has 4 atom stereocenters. The minimum atomic E-state index is 0.196. The number of ether oxygens (including phenoxy) is 1. The minimum Gasteiger partial charge on any atom is -0.354 e. The van der Waals surface area contributed by atoms with Crippen LogP contribution in [0.25, 0.3) is 0 Å². The lowest BCUT2D eigenvalue weighted by Gasteiger charge is -2.23. The minimum absolute atomic E-state index is 0.196. The summed E-state index contributed by atoms with van der Waals surface area (Å²) in [6.07, 6.45) is 6.30. The van der Waals surface area contributed by atoms with Crippen LogP contribution in [-0.4, -0.2) is 24.2 Å². The van der Waals surface area contributed by atoms with Crippen LogP contribution in [0.3, 0.4) is 0 Å². The molecule has 1 fully saturated rings. The highest BCUT2D eigenvalue weighted by Crippen LogP contribution is 2.36. The summed E-state index contributed by atoms with van der Waals surface area (Å²) in [5.74, 6) is 0.685. The van der Waals surface area contributed by atoms with Crippen LogP contribution in [0.2, 0.25) is 0 Å². The molecule has 1 aliphatic rings. The fourth-order valence-electron chi connectivity index (χ4n) is 3.19. The quantitative estimate of drug-likeness (QED) is 0.671. The molecule has 0 spiro atoms. The molecule has 0 radical (unpaired) electrons. The Morgan fingerprint density at radius 1 is 1.27 bits per heavy atom. The van der Waals surface area contributed by atoms with Crippen molar-refractivity contribution in [3.8, 4) is 0 Å². The van der Waals surface area contributed by atoms with Crippen molar-refractivity contribution in [3.05, 3.63) is 47.5 Å². The molecule has 1 aromatic rings. The van der Waals surface area contributed by atoms with E-state index in [-0.39, 0.29) is 12.3 Å². The number of nitrogens with zero attached hydrogens (tertiary/aromatic N) is 1. The summed E-state index contributed by atoms with van der Waals surface area (Å²) in [5, 5.41) is 0. The number of hydrogen-bond acceptors (Lipinski definition) is 2. The van der Waals surface area contributed by atoms with Gasteiger partial charge in [0.15, 0.2) is 0 Å². The van der Waals surface area contributed by atoms with Gasteiger partial charge in [-0.15, -0.1) is 0 Å². The largest absolute Gasteiger partial charge is 0.354 e. The van der Waals surface area contributed by atoms with Crippen LogP contribution >= 0.6 is 0 Å². The molecule has 1 aliphatic heterocycles. The third-order valence-corrected chi connectivity index (χ3v) is 4.78. The maximum absolute atomic E-state index is 6.38. The van der Waals surface area contributed by atoms with Crippen molar-refractivity contribution in [2.24, 2.45) is 5.92 Å². The average Bonchev–Trinajstić information content (AvgIpc) is 2.76. The lowest BCUT2D eigenvalue weighted by atomic mass is 9.99. The van der Waals surface area contributed by atoms with Gasteiger partial charge in [-0.2, -0.15) is 0 Å². The second kappa shape index (κ2) is 7.94. The predicted octanol–water partition coefficient (Wildman–Crippen LogP) is 5.18. The smallest absolute Gasteiger partial charge is 0.111 e. The maximum atomic E-state index is 6.38. The van der Waals surface area contributed by atoms with Gasteiger partial charge >= 0.3 is 0 Å². The molecular weight excluding hydrogens is 270 g/mol. The fourth-order valence-corrected chi connectivity index (χ4v) is 3.19. The van der Waals surface area contributed by atoms with Crippen molar-refractivity contribution >= 4 is 0 Å². The molecule has 0 N–H and O–H groups in total. The van der Waals surface area contributed by atoms with Crippen LogP contribution < -0.4 is 0 Å². The number of likely N-dealkylation sites (N-methyl/N-ethyl adjacent to an activating group) is 1. The summed E-state index contributed by atoms with van der Waals surface area (Å²) in [7, 11) is 2.20. The molecule has 0 saturated carbocycles. The third kappa shape index (κ3) is 4.44. The Balaban J connectivity index is 1.91. The molecule has 1 saturated heterocycles. The Kier molecular flexibility index (Phi) is 6.22. The van der Waals surface area contributed by atoms with Gasteiger partial charge in [0, 0.05) is 6.04 Å². The molecule has 2 rings (SSSR count). The average molecular weight is 301 g/mol. The van der Waals surface area contributed by atoms with Gasteiger partial charge < -0.3 is 4.74 Å². The van der Waals surface area contributed by atoms with Crippen molar-refractivity contribution in [1.82, 2.24) is 4.90 Å². The van der Waals surface area contributed by atoms with Crippen molar-refractivity contribution in [2.75, 3.05) is 7.05 Å². The summed E-state index contributed by atoms with van der Waals surface area (Å²) in [5.41, 5.74) is 2.71. The van der Waals surface area contributed by atoms with E-state index in [0.29, 0.717) is 12.0 Å². The third-order valence-electron chi connectivity index (χ3n) is 4.78. The van der Waals surface area contributed by atoms with E-state index in [1.165, 1.54) is 24.0 Å². The Hall–Kier alpha value is -1.12. The van der Waals surface area contributed by atoms with Crippen molar-refractivity contribution < 1.29 is 4.74 Å². The van der Waals surface area contributed by atoms with E-state index in [9.17, 15) is 0 Å². The topological polar surface area (TPSA) is 12.5 Å². The highest BCUT2D eigenvalue weighted by Gasteiger charge is 2.38. The van der Waals surface area contributed by atoms with Gasteiger partial charge in [0.2, 0.25) is 0 Å². The van der Waals surface area contributed by atoms with Gasteiger partial charge in [-0.1, -0.05) is 48.9 Å². The molecule has 0 unspecified atom stereocenters. The molecular formula is C20H31NO. The second-order valence-electron chi connectivity index (χ2n) is 7.03. The molecule has 1 heterocycles. The van der Waals surface area contributed by atoms with Crippen molar-refractivity contribution in [2.45, 2.75) is 65.3 Å². The van der Waals surface area contributed by atoms with E-state index >= 15 is 0 Å². The van der Waals surface area contributed by atoms with Crippen LogP contribution in [0, 0.1) is 5.92 Å². The van der Waals surface area contributed by atoms with Gasteiger partial charge in [0.05, 0.1) is 6.10 Å². The van der Waals surface area contributed by atoms with Crippen molar-refractivity contribution in [1.29, 1.82) is 0 Å². The molecule has 2 nitrogen and oxygen atoms in total. The Morgan fingerprint density at radius 2 is 1.95 bits per heavy atom. The molecule has 0 amide bonds. The van der Waals surface area contributed by atoms with Gasteiger partial charge in [0.1, 0.15) is 6.23 Å². The predicted molar refractivity (Wildman–Crippen MR) is 93.7 cm³/mol. The van der Waals surface area contributed by atoms with Gasteiger partial charge in [0.25, 0.3) is 0 Å². The summed E-state index contributed by atoms with van der Waals surface area (Å²) >= 11 is 0. The zero-order valence-electron chi connectivity index (χ0n) is 14.8. The van der Waals surface area contributed by atoms with Gasteiger partial charge in [-0.25, -0.2) is 0 Å². The lowest BCUT2D eigenvalue weighted by Crippen LogP contribution is -2.32. The van der Waals surface area contributed by atoms with Crippen LogP contribution in [0.1, 0.15) is 58.6 Å². The van der Waals surface area contributed by atoms with Gasteiger partial charge in [-0.3, -0.25) is 4.90 Å². The first-order valence-corrected chi connectivity index (χ1v) is 8.54. The molecule has 0 aliphatic carbocycles. The first-order valence-electron chi connectivity index (χ1n) is 8.54. The summed E-state index contributed by atoms with van der Waals surface area (Å²) in [6, 6.07) is 11.0. The highest BCUT2D eigenvalue weighted by atomic mass is 16.5. The lowest BCUT2D eigenvalue weighted by molar-refractivity contribution is -0.00781. The first kappa shape index (κ1) is 17.2. The molecule has 22 heavy (non-hydrogen) atoms. The molecule has 0 bridgehead atoms. The molecule has 122 valence electrons. The van der Waals surface area contributed by atoms with Crippen LogP contribution in [0.15, 0.2) is 42.0 Å². The zero-order valence-corrected chi connectivity index (χ0v) is 14.8. The van der Waals surface area contributed by atoms with Crippen LogP contribution in [0.5, 0.6) is 0 Å². The second-order valence-corrected chi connectivity index (χ2v) is 7.03. The Morgan fingerprint density at radius 3 is 2.59 bits per heavy atom. The number of allylic oxidation sites excluding steroid dienone is 2. The molecule has 2 heteroatoms. The zero-order chi connectivity index (χ0) is 16.1. The Bertz CT molecular complexity index is 478. The maximum Gasteiger partial charge on any atom is 0.111 e. The van der Waals surface area contributed by atoms with Gasteiger partial charge in [-0.05, 0) is 58.6 Å². The molecule has 0 aromatic heterocycles. The SMILES string of the molecule is CC(C)=CCC[C@H](C)C[C@@H]1O[C@H](c2ccccc2)[C@H](C)N1C. The van der Waals surface area contributed by atoms with E-state index in [2.05, 4.69) is 76.1 Å². The first-order chi connectivity index (χ1) is 10.5. The number of hydrogen-bond donors (Lipinski definition) is 0. The molecule has 1 aromatic carbocycles. The fraction of sp³-hybridized carbons (Fsp3) is 0.600. The number of benzene rings is 1. The van der Waals surface area contributed by atoms with E-state index in [4.69, 9.17) is 4.74 Å². The summed E-state index contributed by atoms with van der Waals surface area (Å²) in [4.78, 5) is 2.40. The van der Waals surface area contributed by atoms with Crippen molar-refractivity contribution in [3.63, 3.8) is 0 Å². The highest BCUT2D eigenvalue weighted by molar-refractivity contribution is 5.20.